The van der Waals surface area contributed by atoms with E-state index in [0.29, 0.717) is 11.6 Å². The molecule has 0 aliphatic heterocycles. The Bertz CT molecular complexity index is 203. The Kier molecular flexibility index (Phi) is 4.36. The molecule has 1 rings (SSSR count). The van der Waals surface area contributed by atoms with Crippen LogP contribution in [0.2, 0.25) is 5.02 Å². The van der Waals surface area contributed by atoms with Crippen molar-refractivity contribution in [2.75, 3.05) is 0 Å². The van der Waals surface area contributed by atoms with Gasteiger partial charge >= 0.3 is 0 Å². The van der Waals surface area contributed by atoms with Crippen molar-refractivity contribution in [2.24, 2.45) is 5.73 Å². The van der Waals surface area contributed by atoms with E-state index in [-0.39, 0.29) is 12.4 Å². The van der Waals surface area contributed by atoms with Crippen molar-refractivity contribution >= 4 is 24.0 Å². The van der Waals surface area contributed by atoms with E-state index in [0.717, 1.165) is 5.69 Å². The quantitative estimate of drug-likeness (QED) is 0.711. The van der Waals surface area contributed by atoms with E-state index >= 15 is 0 Å². The van der Waals surface area contributed by atoms with Gasteiger partial charge in [-0.3, -0.25) is 4.98 Å². The Labute approximate surface area is 70.8 Å². The molecule has 1 aromatic heterocycles. The molecule has 0 bridgehead atoms. The summed E-state index contributed by atoms with van der Waals surface area (Å²) in [6, 6.07) is 3.55. The lowest BCUT2D eigenvalue weighted by Crippen LogP contribution is -1.99. The summed E-state index contributed by atoms with van der Waals surface area (Å²) < 4.78 is 0. The summed E-state index contributed by atoms with van der Waals surface area (Å²) in [6.07, 6.45) is 1.67. The molecular weight excluding hydrogens is 171 g/mol. The molecule has 0 aliphatic carbocycles. The van der Waals surface area contributed by atoms with Gasteiger partial charge in [0.2, 0.25) is 0 Å². The number of hydrogen-bond acceptors (Lipinski definition) is 2. The maximum absolute atomic E-state index is 5.68. The molecule has 0 fully saturated rings. The van der Waals surface area contributed by atoms with Crippen molar-refractivity contribution in [3.63, 3.8) is 0 Å². The number of pyridine rings is 1. The zero-order chi connectivity index (χ0) is 6.69. The summed E-state index contributed by atoms with van der Waals surface area (Å²) in [5, 5.41) is 0.639. The number of nitrogens with two attached hydrogens (primary N) is 1. The molecule has 0 amide bonds. The minimum absolute atomic E-state index is 0. The highest BCUT2D eigenvalue weighted by Gasteiger charge is 1.94. The van der Waals surface area contributed by atoms with Gasteiger partial charge in [0.25, 0.3) is 0 Å². The van der Waals surface area contributed by atoms with Crippen LogP contribution in [0.5, 0.6) is 0 Å². The van der Waals surface area contributed by atoms with Gasteiger partial charge in [0.1, 0.15) is 0 Å². The number of rotatable bonds is 1. The van der Waals surface area contributed by atoms with Gasteiger partial charge in [0.15, 0.2) is 0 Å². The molecule has 0 spiro atoms. The van der Waals surface area contributed by atoms with Crippen LogP contribution in [0.3, 0.4) is 0 Å². The summed E-state index contributed by atoms with van der Waals surface area (Å²) in [7, 11) is 0. The van der Waals surface area contributed by atoms with Crippen molar-refractivity contribution in [3.05, 3.63) is 29.0 Å². The van der Waals surface area contributed by atoms with Crippen LogP contribution in [0.1, 0.15) is 5.69 Å². The zero-order valence-electron chi connectivity index (χ0n) is 5.25. The Morgan fingerprint density at radius 3 is 2.70 bits per heavy atom. The number of halogens is 2. The summed E-state index contributed by atoms with van der Waals surface area (Å²) >= 11 is 5.68. The lowest BCUT2D eigenvalue weighted by atomic mass is 10.3. The van der Waals surface area contributed by atoms with Gasteiger partial charge in [0, 0.05) is 12.7 Å². The maximum atomic E-state index is 5.68. The fraction of sp³-hybridized carbons (Fsp3) is 0.167. The molecule has 0 aromatic carbocycles. The normalized spacial score (nSPS) is 8.60. The molecule has 2 N–H and O–H groups in total. The first-order valence-corrected chi connectivity index (χ1v) is 3.02. The second kappa shape index (κ2) is 4.50. The lowest BCUT2D eigenvalue weighted by Gasteiger charge is -1.95. The van der Waals surface area contributed by atoms with Gasteiger partial charge in [-0.1, -0.05) is 11.6 Å². The highest BCUT2D eigenvalue weighted by molar-refractivity contribution is 6.31. The van der Waals surface area contributed by atoms with E-state index in [1.54, 1.807) is 18.3 Å². The van der Waals surface area contributed by atoms with Crippen LogP contribution in [0.25, 0.3) is 0 Å². The van der Waals surface area contributed by atoms with Crippen molar-refractivity contribution in [3.8, 4) is 0 Å². The molecule has 0 unspecified atom stereocenters. The number of nitrogens with zero attached hydrogens (tertiary/aromatic N) is 1. The van der Waals surface area contributed by atoms with E-state index in [9.17, 15) is 0 Å². The molecule has 2 nitrogen and oxygen atoms in total. The molecule has 0 radical (unpaired) electrons. The summed E-state index contributed by atoms with van der Waals surface area (Å²) in [5.74, 6) is 0. The second-order valence-corrected chi connectivity index (χ2v) is 2.04. The van der Waals surface area contributed by atoms with Crippen LogP contribution < -0.4 is 5.73 Å². The van der Waals surface area contributed by atoms with Gasteiger partial charge < -0.3 is 5.73 Å². The van der Waals surface area contributed by atoms with Crippen LogP contribution in [-0.4, -0.2) is 4.98 Å². The second-order valence-electron chi connectivity index (χ2n) is 1.64. The first-order valence-electron chi connectivity index (χ1n) is 2.64. The standard InChI is InChI=1S/C6H7ClN2.ClH/c7-5-2-1-3-9-6(5)4-8;/h1-3H,4,8H2;1H. The molecule has 4 heteroatoms. The molecule has 0 saturated heterocycles. The smallest absolute Gasteiger partial charge is 0.0725 e. The Morgan fingerprint density at radius 2 is 2.30 bits per heavy atom. The molecule has 0 atom stereocenters. The number of hydrogen-bond donors (Lipinski definition) is 1. The molecule has 56 valence electrons. The van der Waals surface area contributed by atoms with Gasteiger partial charge in [-0.2, -0.15) is 0 Å². The summed E-state index contributed by atoms with van der Waals surface area (Å²) in [4.78, 5) is 3.94. The predicted octanol–water partition coefficient (Wildman–Crippen LogP) is 1.62. The fourth-order valence-corrected chi connectivity index (χ4v) is 0.767. The predicted molar refractivity (Wildman–Crippen MR) is 44.4 cm³/mol. The average Bonchev–Trinajstić information content (AvgIpc) is 1.89. The van der Waals surface area contributed by atoms with Crippen LogP contribution in [0, 0.1) is 0 Å². The van der Waals surface area contributed by atoms with Crippen molar-refractivity contribution in [1.82, 2.24) is 4.98 Å². The van der Waals surface area contributed by atoms with Crippen LogP contribution >= 0.6 is 24.0 Å². The topological polar surface area (TPSA) is 38.9 Å². The molecule has 1 aromatic rings. The first-order chi connectivity index (χ1) is 4.34. The minimum Gasteiger partial charge on any atom is -0.325 e. The van der Waals surface area contributed by atoms with Gasteiger partial charge in [-0.15, -0.1) is 12.4 Å². The monoisotopic (exact) mass is 178 g/mol. The van der Waals surface area contributed by atoms with Gasteiger partial charge in [-0.25, -0.2) is 0 Å². The summed E-state index contributed by atoms with van der Waals surface area (Å²) in [6.45, 7) is 0.402. The maximum Gasteiger partial charge on any atom is 0.0725 e. The Balaban J connectivity index is 0.000000810. The highest BCUT2D eigenvalue weighted by atomic mass is 35.5. The molecule has 1 heterocycles. The zero-order valence-corrected chi connectivity index (χ0v) is 6.82. The summed E-state index contributed by atoms with van der Waals surface area (Å²) in [5.41, 5.74) is 6.05. The van der Waals surface area contributed by atoms with Crippen LogP contribution in [0.15, 0.2) is 18.3 Å². The van der Waals surface area contributed by atoms with Crippen LogP contribution in [-0.2, 0) is 6.54 Å². The molecular formula is C6H8Cl2N2. The van der Waals surface area contributed by atoms with E-state index in [2.05, 4.69) is 4.98 Å². The van der Waals surface area contributed by atoms with Gasteiger partial charge in [-0.05, 0) is 12.1 Å². The van der Waals surface area contributed by atoms with Gasteiger partial charge in [0.05, 0.1) is 10.7 Å². The third-order valence-corrected chi connectivity index (χ3v) is 1.37. The molecule has 10 heavy (non-hydrogen) atoms. The van der Waals surface area contributed by atoms with E-state index in [1.807, 2.05) is 0 Å². The average molecular weight is 179 g/mol. The fourth-order valence-electron chi connectivity index (χ4n) is 0.569. The Hall–Kier alpha value is -0.310. The SMILES string of the molecule is Cl.NCc1ncccc1Cl. The minimum atomic E-state index is 0. The molecule has 0 aliphatic rings. The van der Waals surface area contributed by atoms with E-state index < -0.39 is 0 Å². The van der Waals surface area contributed by atoms with Crippen molar-refractivity contribution in [2.45, 2.75) is 6.54 Å². The molecule has 0 saturated carbocycles. The third kappa shape index (κ3) is 2.14. The third-order valence-electron chi connectivity index (χ3n) is 1.03. The number of aromatic nitrogens is 1. The highest BCUT2D eigenvalue weighted by Crippen LogP contribution is 2.09. The van der Waals surface area contributed by atoms with Crippen molar-refractivity contribution in [1.29, 1.82) is 0 Å². The van der Waals surface area contributed by atoms with Crippen LogP contribution in [0.4, 0.5) is 0 Å². The van der Waals surface area contributed by atoms with Crippen molar-refractivity contribution < 1.29 is 0 Å². The first kappa shape index (κ1) is 9.69. The lowest BCUT2D eigenvalue weighted by molar-refractivity contribution is 0.991. The Morgan fingerprint density at radius 1 is 1.60 bits per heavy atom. The van der Waals surface area contributed by atoms with E-state index in [4.69, 9.17) is 17.3 Å². The van der Waals surface area contributed by atoms with E-state index in [1.165, 1.54) is 0 Å². The largest absolute Gasteiger partial charge is 0.325 e.